The molecule has 2 atom stereocenters. The van der Waals surface area contributed by atoms with E-state index in [2.05, 4.69) is 50.5 Å². The third kappa shape index (κ3) is 6.87. The SMILES string of the molecule is SCCSCC(S)C(S)CS. The van der Waals surface area contributed by atoms with Crippen LogP contribution >= 0.6 is 62.3 Å². The second kappa shape index (κ2) is 8.35. The third-order valence-corrected chi connectivity index (χ3v) is 5.02. The van der Waals surface area contributed by atoms with Gasteiger partial charge in [-0.25, -0.2) is 0 Å². The van der Waals surface area contributed by atoms with E-state index in [1.807, 2.05) is 11.8 Å². The molecule has 68 valence electrons. The fraction of sp³-hybridized carbons (Fsp3) is 1.00. The molecular formula is C6H14S5. The van der Waals surface area contributed by atoms with Crippen molar-refractivity contribution in [3.8, 4) is 0 Å². The highest BCUT2D eigenvalue weighted by Gasteiger charge is 2.11. The fourth-order valence-electron chi connectivity index (χ4n) is 0.501. The molecule has 0 N–H and O–H groups in total. The first-order chi connectivity index (χ1) is 5.22. The Morgan fingerprint density at radius 2 is 1.73 bits per heavy atom. The van der Waals surface area contributed by atoms with E-state index in [1.54, 1.807) is 0 Å². The minimum absolute atomic E-state index is 0.300. The van der Waals surface area contributed by atoms with Gasteiger partial charge in [0.1, 0.15) is 0 Å². The van der Waals surface area contributed by atoms with Gasteiger partial charge >= 0.3 is 0 Å². The Morgan fingerprint density at radius 3 is 2.18 bits per heavy atom. The smallest absolute Gasteiger partial charge is 0.0232 e. The Bertz CT molecular complexity index is 87.0. The van der Waals surface area contributed by atoms with Crippen LogP contribution in [-0.2, 0) is 0 Å². The molecule has 0 aliphatic rings. The van der Waals surface area contributed by atoms with Crippen molar-refractivity contribution < 1.29 is 0 Å². The molecule has 2 unspecified atom stereocenters. The van der Waals surface area contributed by atoms with Crippen LogP contribution < -0.4 is 0 Å². The van der Waals surface area contributed by atoms with Crippen molar-refractivity contribution in [2.24, 2.45) is 0 Å². The largest absolute Gasteiger partial charge is 0.179 e. The molecule has 0 rings (SSSR count). The zero-order chi connectivity index (χ0) is 8.69. The van der Waals surface area contributed by atoms with E-state index in [9.17, 15) is 0 Å². The normalized spacial score (nSPS) is 16.4. The molecule has 0 fully saturated rings. The first-order valence-electron chi connectivity index (χ1n) is 3.38. The van der Waals surface area contributed by atoms with Crippen LogP contribution in [0.5, 0.6) is 0 Å². The van der Waals surface area contributed by atoms with Gasteiger partial charge in [0, 0.05) is 27.8 Å². The van der Waals surface area contributed by atoms with Crippen molar-refractivity contribution in [3.63, 3.8) is 0 Å². The first-order valence-corrected chi connectivity index (χ1v) is 6.83. The molecule has 0 radical (unpaired) electrons. The van der Waals surface area contributed by atoms with E-state index in [4.69, 9.17) is 0 Å². The lowest BCUT2D eigenvalue weighted by molar-refractivity contribution is 0.966. The van der Waals surface area contributed by atoms with Gasteiger partial charge in [-0.05, 0) is 5.75 Å². The van der Waals surface area contributed by atoms with Gasteiger partial charge in [0.15, 0.2) is 0 Å². The van der Waals surface area contributed by atoms with E-state index >= 15 is 0 Å². The highest BCUT2D eigenvalue weighted by Crippen LogP contribution is 2.16. The lowest BCUT2D eigenvalue weighted by Crippen LogP contribution is -2.19. The molecule has 5 heteroatoms. The van der Waals surface area contributed by atoms with Gasteiger partial charge in [0.25, 0.3) is 0 Å². The molecule has 0 aromatic carbocycles. The topological polar surface area (TPSA) is 0 Å². The Hall–Kier alpha value is 1.75. The van der Waals surface area contributed by atoms with E-state index in [1.165, 1.54) is 0 Å². The quantitative estimate of drug-likeness (QED) is 0.412. The third-order valence-electron chi connectivity index (χ3n) is 1.16. The summed E-state index contributed by atoms with van der Waals surface area (Å²) in [7, 11) is 0. The lowest BCUT2D eigenvalue weighted by Gasteiger charge is -2.15. The maximum Gasteiger partial charge on any atom is 0.0232 e. The summed E-state index contributed by atoms with van der Waals surface area (Å²) in [6.07, 6.45) is 0. The van der Waals surface area contributed by atoms with Crippen LogP contribution in [0.2, 0.25) is 0 Å². The van der Waals surface area contributed by atoms with Gasteiger partial charge in [-0.1, -0.05) is 0 Å². The van der Waals surface area contributed by atoms with Crippen LogP contribution in [0.25, 0.3) is 0 Å². The maximum atomic E-state index is 4.41. The summed E-state index contributed by atoms with van der Waals surface area (Å²) in [5, 5.41) is 0.648. The van der Waals surface area contributed by atoms with Crippen LogP contribution in [0, 0.1) is 0 Å². The molecule has 0 aromatic rings. The van der Waals surface area contributed by atoms with Crippen LogP contribution in [0.4, 0.5) is 0 Å². The van der Waals surface area contributed by atoms with Crippen molar-refractivity contribution in [2.45, 2.75) is 10.5 Å². The Morgan fingerprint density at radius 1 is 1.09 bits per heavy atom. The number of rotatable bonds is 6. The van der Waals surface area contributed by atoms with E-state index < -0.39 is 0 Å². The molecule has 0 aromatic heterocycles. The minimum Gasteiger partial charge on any atom is -0.179 e. The average Bonchev–Trinajstić information content (AvgIpc) is 2.03. The second-order valence-electron chi connectivity index (χ2n) is 2.12. The van der Waals surface area contributed by atoms with Crippen molar-refractivity contribution in [1.82, 2.24) is 0 Å². The molecule has 0 amide bonds. The van der Waals surface area contributed by atoms with Crippen LogP contribution in [0.1, 0.15) is 0 Å². The molecule has 0 saturated heterocycles. The summed E-state index contributed by atoms with van der Waals surface area (Å²) in [5.74, 6) is 3.85. The van der Waals surface area contributed by atoms with Gasteiger partial charge in [0.2, 0.25) is 0 Å². The highest BCUT2D eigenvalue weighted by atomic mass is 32.2. The number of thiol groups is 4. The molecule has 0 heterocycles. The van der Waals surface area contributed by atoms with Gasteiger partial charge < -0.3 is 0 Å². The standard InChI is InChI=1S/C6H14S5/c7-1-2-11-4-6(10)5(9)3-8/h5-10H,1-4H2. The van der Waals surface area contributed by atoms with Crippen molar-refractivity contribution in [1.29, 1.82) is 0 Å². The van der Waals surface area contributed by atoms with Crippen molar-refractivity contribution in [2.75, 3.05) is 23.0 Å². The maximum absolute atomic E-state index is 4.41. The van der Waals surface area contributed by atoms with Gasteiger partial charge in [-0.3, -0.25) is 0 Å². The summed E-state index contributed by atoms with van der Waals surface area (Å²) >= 11 is 18.9. The van der Waals surface area contributed by atoms with Crippen molar-refractivity contribution in [3.05, 3.63) is 0 Å². The van der Waals surface area contributed by atoms with Crippen LogP contribution in [0.15, 0.2) is 0 Å². The summed E-state index contributed by atoms with van der Waals surface area (Å²) in [6.45, 7) is 0. The predicted octanol–water partition coefficient (Wildman–Crippen LogP) is 2.18. The van der Waals surface area contributed by atoms with Gasteiger partial charge in [-0.15, -0.1) is 0 Å². The van der Waals surface area contributed by atoms with E-state index in [0.29, 0.717) is 10.5 Å². The molecular weight excluding hydrogens is 232 g/mol. The van der Waals surface area contributed by atoms with Crippen molar-refractivity contribution >= 4 is 62.3 Å². The van der Waals surface area contributed by atoms with Crippen LogP contribution in [0.3, 0.4) is 0 Å². The summed E-state index contributed by atoms with van der Waals surface area (Å²) in [6, 6.07) is 0. The number of thioether (sulfide) groups is 1. The fourth-order valence-corrected chi connectivity index (χ4v) is 2.75. The zero-order valence-corrected chi connectivity index (χ0v) is 10.6. The number of hydrogen-bond donors (Lipinski definition) is 4. The summed E-state index contributed by atoms with van der Waals surface area (Å²) in [5.41, 5.74) is 0. The van der Waals surface area contributed by atoms with Gasteiger partial charge in [0.05, 0.1) is 0 Å². The molecule has 0 aliphatic carbocycles. The van der Waals surface area contributed by atoms with E-state index in [-0.39, 0.29) is 0 Å². The van der Waals surface area contributed by atoms with E-state index in [0.717, 1.165) is 23.0 Å². The van der Waals surface area contributed by atoms with Gasteiger partial charge in [-0.2, -0.15) is 62.3 Å². The second-order valence-corrected chi connectivity index (χ2v) is 5.40. The van der Waals surface area contributed by atoms with Crippen LogP contribution in [-0.4, -0.2) is 33.5 Å². The molecule has 0 nitrogen and oxygen atoms in total. The summed E-state index contributed by atoms with van der Waals surface area (Å²) in [4.78, 5) is 0. The molecule has 11 heavy (non-hydrogen) atoms. The Balaban J connectivity index is 3.28. The predicted molar refractivity (Wildman–Crippen MR) is 70.6 cm³/mol. The molecule has 0 aliphatic heterocycles. The molecule has 0 saturated carbocycles. The molecule has 0 spiro atoms. The number of hydrogen-bond acceptors (Lipinski definition) is 5. The monoisotopic (exact) mass is 246 g/mol. The Kier molecular flexibility index (Phi) is 9.68. The molecule has 0 bridgehead atoms. The zero-order valence-electron chi connectivity index (χ0n) is 6.18. The summed E-state index contributed by atoms with van der Waals surface area (Å²) < 4.78 is 0. The average molecular weight is 247 g/mol. The lowest BCUT2D eigenvalue weighted by atomic mass is 10.3. The first kappa shape index (κ1) is 12.8. The highest BCUT2D eigenvalue weighted by molar-refractivity contribution is 8.00. The Labute approximate surface area is 95.3 Å². The minimum atomic E-state index is 0.300.